The summed E-state index contributed by atoms with van der Waals surface area (Å²) >= 11 is 6.10. The van der Waals surface area contributed by atoms with Gasteiger partial charge in [0.05, 0.1) is 16.0 Å². The second kappa shape index (κ2) is 5.63. The van der Waals surface area contributed by atoms with Crippen molar-refractivity contribution in [3.8, 4) is 0 Å². The second-order valence-electron chi connectivity index (χ2n) is 4.54. The first kappa shape index (κ1) is 14.5. The number of rotatable bonds is 6. The van der Waals surface area contributed by atoms with Crippen LogP contribution in [0.15, 0.2) is 29.2 Å². The number of halogens is 3. The lowest BCUT2D eigenvalue weighted by molar-refractivity contribution is 0.235. The fourth-order valence-corrected chi connectivity index (χ4v) is 3.02. The molecule has 1 aliphatic rings. The predicted octanol–water partition coefficient (Wildman–Crippen LogP) is 3.11. The van der Waals surface area contributed by atoms with Crippen LogP contribution in [0.5, 0.6) is 0 Å². The second-order valence-corrected chi connectivity index (χ2v) is 6.98. The minimum atomic E-state index is -4.60. The third-order valence-corrected chi connectivity index (χ3v) is 5.00. The smallest absolute Gasteiger partial charge is 0.341 e. The van der Waals surface area contributed by atoms with Crippen molar-refractivity contribution in [2.45, 2.75) is 28.9 Å². The van der Waals surface area contributed by atoms with Crippen LogP contribution in [0.3, 0.4) is 0 Å². The Morgan fingerprint density at radius 3 is 2.53 bits per heavy atom. The molecule has 1 unspecified atom stereocenters. The molecule has 0 aromatic heterocycles. The van der Waals surface area contributed by atoms with E-state index in [4.69, 9.17) is 11.6 Å². The van der Waals surface area contributed by atoms with Gasteiger partial charge in [-0.1, -0.05) is 12.1 Å². The maximum absolute atomic E-state index is 12.6. The van der Waals surface area contributed by atoms with E-state index in [0.29, 0.717) is 12.5 Å². The summed E-state index contributed by atoms with van der Waals surface area (Å²) in [6.45, 7) is 0.363. The van der Waals surface area contributed by atoms with Crippen LogP contribution in [0, 0.1) is 5.92 Å². The molecule has 19 heavy (non-hydrogen) atoms. The SMILES string of the molecule is O=S(=O)(c1ccccc1NCC(Cl)C1CC1)C(F)F. The van der Waals surface area contributed by atoms with Crippen LogP contribution in [-0.2, 0) is 9.84 Å². The average Bonchev–Trinajstić information content (AvgIpc) is 3.20. The Kier molecular flexibility index (Phi) is 4.30. The van der Waals surface area contributed by atoms with Crippen molar-refractivity contribution in [3.05, 3.63) is 24.3 Å². The van der Waals surface area contributed by atoms with E-state index < -0.39 is 15.6 Å². The molecule has 0 saturated heterocycles. The van der Waals surface area contributed by atoms with Gasteiger partial charge in [0.1, 0.15) is 0 Å². The molecular formula is C12H14ClF2NO2S. The lowest BCUT2D eigenvalue weighted by Crippen LogP contribution is -2.19. The Hall–Kier alpha value is -0.880. The van der Waals surface area contributed by atoms with Gasteiger partial charge in [0.25, 0.3) is 0 Å². The maximum Gasteiger partial charge on any atom is 0.341 e. The van der Waals surface area contributed by atoms with Crippen molar-refractivity contribution in [3.63, 3.8) is 0 Å². The number of hydrogen-bond acceptors (Lipinski definition) is 3. The standard InChI is InChI=1S/C12H14ClF2NO2S/c13-9(8-5-6-8)7-16-10-3-1-2-4-11(10)19(17,18)12(14)15/h1-4,8-9,12,16H,5-7H2. The molecule has 0 bridgehead atoms. The number of nitrogens with one attached hydrogen (secondary N) is 1. The van der Waals surface area contributed by atoms with Gasteiger partial charge in [-0.2, -0.15) is 8.78 Å². The van der Waals surface area contributed by atoms with Crippen LogP contribution in [0.2, 0.25) is 0 Å². The van der Waals surface area contributed by atoms with E-state index in [1.54, 1.807) is 6.07 Å². The number of benzene rings is 1. The first-order chi connectivity index (χ1) is 8.93. The number of alkyl halides is 3. The summed E-state index contributed by atoms with van der Waals surface area (Å²) in [7, 11) is -4.60. The molecule has 1 aromatic carbocycles. The molecule has 3 nitrogen and oxygen atoms in total. The Bertz CT molecular complexity index is 546. The zero-order valence-electron chi connectivity index (χ0n) is 10.0. The van der Waals surface area contributed by atoms with Crippen LogP contribution in [0.25, 0.3) is 0 Å². The number of anilines is 1. The summed E-state index contributed by atoms with van der Waals surface area (Å²) < 4.78 is 48.2. The van der Waals surface area contributed by atoms with E-state index in [9.17, 15) is 17.2 Å². The number of sulfone groups is 1. The van der Waals surface area contributed by atoms with Crippen LogP contribution in [0.4, 0.5) is 14.5 Å². The van der Waals surface area contributed by atoms with Crippen molar-refractivity contribution < 1.29 is 17.2 Å². The summed E-state index contributed by atoms with van der Waals surface area (Å²) in [6, 6.07) is 5.64. The summed E-state index contributed by atoms with van der Waals surface area (Å²) in [6.07, 6.45) is 2.12. The van der Waals surface area contributed by atoms with Gasteiger partial charge in [-0.05, 0) is 30.9 Å². The fourth-order valence-electron chi connectivity index (χ4n) is 1.79. The highest BCUT2D eigenvalue weighted by atomic mass is 35.5. The van der Waals surface area contributed by atoms with Gasteiger partial charge in [0.15, 0.2) is 0 Å². The Labute approximate surface area is 115 Å². The van der Waals surface area contributed by atoms with Gasteiger partial charge in [0, 0.05) is 6.54 Å². The Balaban J connectivity index is 2.16. The van der Waals surface area contributed by atoms with Crippen molar-refractivity contribution in [1.82, 2.24) is 0 Å². The zero-order chi connectivity index (χ0) is 14.0. The molecule has 0 aliphatic heterocycles. The van der Waals surface area contributed by atoms with E-state index >= 15 is 0 Å². The summed E-state index contributed by atoms with van der Waals surface area (Å²) in [5.41, 5.74) is 0.175. The van der Waals surface area contributed by atoms with Crippen molar-refractivity contribution >= 4 is 27.1 Å². The van der Waals surface area contributed by atoms with Gasteiger partial charge in [0.2, 0.25) is 9.84 Å². The molecule has 0 radical (unpaired) electrons. The highest BCUT2D eigenvalue weighted by molar-refractivity contribution is 7.91. The van der Waals surface area contributed by atoms with Gasteiger partial charge in [-0.15, -0.1) is 11.6 Å². The molecule has 7 heteroatoms. The predicted molar refractivity (Wildman–Crippen MR) is 70.5 cm³/mol. The molecule has 106 valence electrons. The molecule has 0 amide bonds. The molecule has 1 aliphatic carbocycles. The van der Waals surface area contributed by atoms with Crippen molar-refractivity contribution in [2.75, 3.05) is 11.9 Å². The molecule has 0 spiro atoms. The monoisotopic (exact) mass is 309 g/mol. The minimum Gasteiger partial charge on any atom is -0.382 e. The fraction of sp³-hybridized carbons (Fsp3) is 0.500. The Morgan fingerprint density at radius 1 is 1.32 bits per heavy atom. The maximum atomic E-state index is 12.6. The van der Waals surface area contributed by atoms with E-state index in [1.807, 2.05) is 0 Å². The van der Waals surface area contributed by atoms with Crippen LogP contribution in [0.1, 0.15) is 12.8 Å². The van der Waals surface area contributed by atoms with Crippen LogP contribution in [-0.4, -0.2) is 26.1 Å². The highest BCUT2D eigenvalue weighted by Crippen LogP contribution is 2.36. The minimum absolute atomic E-state index is 0.109. The van der Waals surface area contributed by atoms with Gasteiger partial charge in [-0.25, -0.2) is 8.42 Å². The van der Waals surface area contributed by atoms with Gasteiger partial charge in [-0.3, -0.25) is 0 Å². The lowest BCUT2D eigenvalue weighted by Gasteiger charge is -2.14. The third-order valence-electron chi connectivity index (χ3n) is 3.05. The van der Waals surface area contributed by atoms with Crippen LogP contribution >= 0.6 is 11.6 Å². The first-order valence-corrected chi connectivity index (χ1v) is 7.90. The highest BCUT2D eigenvalue weighted by Gasteiger charge is 2.31. The van der Waals surface area contributed by atoms with E-state index in [1.165, 1.54) is 18.2 Å². The van der Waals surface area contributed by atoms with Crippen molar-refractivity contribution in [1.29, 1.82) is 0 Å². The molecule has 0 heterocycles. The summed E-state index contributed by atoms with van der Waals surface area (Å²) in [5, 5.41) is 2.74. The third kappa shape index (κ3) is 3.36. The molecule has 1 atom stereocenters. The van der Waals surface area contributed by atoms with E-state index in [0.717, 1.165) is 12.8 Å². The molecule has 1 N–H and O–H groups in total. The summed E-state index contributed by atoms with van der Waals surface area (Å²) in [5.74, 6) is -2.99. The largest absolute Gasteiger partial charge is 0.382 e. The topological polar surface area (TPSA) is 46.2 Å². The summed E-state index contributed by atoms with van der Waals surface area (Å²) in [4.78, 5) is -0.385. The number of hydrogen-bond donors (Lipinski definition) is 1. The van der Waals surface area contributed by atoms with Gasteiger partial charge < -0.3 is 5.32 Å². The van der Waals surface area contributed by atoms with Crippen molar-refractivity contribution in [2.24, 2.45) is 5.92 Å². The first-order valence-electron chi connectivity index (χ1n) is 5.92. The molecule has 2 rings (SSSR count). The molecule has 1 aromatic rings. The average molecular weight is 310 g/mol. The zero-order valence-corrected chi connectivity index (χ0v) is 11.6. The number of para-hydroxylation sites is 1. The van der Waals surface area contributed by atoms with E-state index in [-0.39, 0.29) is 16.0 Å². The Morgan fingerprint density at radius 2 is 1.95 bits per heavy atom. The molecule has 1 saturated carbocycles. The van der Waals surface area contributed by atoms with Crippen LogP contribution < -0.4 is 5.32 Å². The lowest BCUT2D eigenvalue weighted by atomic mass is 10.2. The molecular weight excluding hydrogens is 296 g/mol. The normalized spacial score (nSPS) is 17.5. The molecule has 1 fully saturated rings. The quantitative estimate of drug-likeness (QED) is 0.821. The van der Waals surface area contributed by atoms with Gasteiger partial charge >= 0.3 is 5.76 Å². The van der Waals surface area contributed by atoms with E-state index in [2.05, 4.69) is 5.32 Å².